The number of aromatic hydroxyl groups is 1. The summed E-state index contributed by atoms with van der Waals surface area (Å²) in [7, 11) is 0. The van der Waals surface area contributed by atoms with Crippen molar-refractivity contribution in [3.63, 3.8) is 0 Å². The van der Waals surface area contributed by atoms with Crippen molar-refractivity contribution in [1.29, 1.82) is 0 Å². The number of ether oxygens (including phenoxy) is 1. The van der Waals surface area contributed by atoms with Gasteiger partial charge in [0.05, 0.1) is 0 Å². The molecule has 20 heavy (non-hydrogen) atoms. The molecule has 0 spiro atoms. The van der Waals surface area contributed by atoms with Crippen molar-refractivity contribution in [3.8, 4) is 11.5 Å². The van der Waals surface area contributed by atoms with Crippen LogP contribution < -0.4 is 4.74 Å². The largest absolute Gasteiger partial charge is 0.507 e. The van der Waals surface area contributed by atoms with Crippen molar-refractivity contribution in [1.82, 2.24) is 0 Å². The first-order valence-electron chi connectivity index (χ1n) is 7.25. The van der Waals surface area contributed by atoms with Gasteiger partial charge in [0.1, 0.15) is 22.9 Å². The summed E-state index contributed by atoms with van der Waals surface area (Å²) in [4.78, 5) is 11.2. The zero-order valence-electron chi connectivity index (χ0n) is 13.1. The van der Waals surface area contributed by atoms with Gasteiger partial charge >= 0.3 is 0 Å². The maximum absolute atomic E-state index is 11.2. The van der Waals surface area contributed by atoms with E-state index in [-0.39, 0.29) is 11.4 Å². The number of hydrogen-bond donors (Lipinski definition) is 1. The zero-order valence-corrected chi connectivity index (χ0v) is 13.1. The highest BCUT2D eigenvalue weighted by molar-refractivity contribution is 5.75. The third-order valence-corrected chi connectivity index (χ3v) is 4.60. The van der Waals surface area contributed by atoms with E-state index in [1.165, 1.54) is 0 Å². The van der Waals surface area contributed by atoms with Crippen LogP contribution in [0.1, 0.15) is 55.4 Å². The van der Waals surface area contributed by atoms with E-state index in [1.54, 1.807) is 6.92 Å². The lowest BCUT2D eigenvalue weighted by molar-refractivity contribution is -0.118. The summed E-state index contributed by atoms with van der Waals surface area (Å²) in [6, 6.07) is 0. The molecular formula is C17H24O3. The number of fused-ring (bicyclic) bond motifs is 1. The Morgan fingerprint density at radius 1 is 1.25 bits per heavy atom. The summed E-state index contributed by atoms with van der Waals surface area (Å²) in [5.41, 5.74) is 3.66. The highest BCUT2D eigenvalue weighted by atomic mass is 16.5. The molecule has 1 aromatic rings. The second kappa shape index (κ2) is 5.12. The number of rotatable bonds is 3. The lowest BCUT2D eigenvalue weighted by Gasteiger charge is -2.38. The highest BCUT2D eigenvalue weighted by Crippen LogP contribution is 2.44. The van der Waals surface area contributed by atoms with Gasteiger partial charge in [-0.2, -0.15) is 0 Å². The lowest BCUT2D eigenvalue weighted by atomic mass is 9.84. The molecule has 0 unspecified atom stereocenters. The van der Waals surface area contributed by atoms with Crippen molar-refractivity contribution in [2.24, 2.45) is 0 Å². The Balaban J connectivity index is 2.37. The van der Waals surface area contributed by atoms with Gasteiger partial charge in [-0.25, -0.2) is 0 Å². The topological polar surface area (TPSA) is 46.5 Å². The van der Waals surface area contributed by atoms with Crippen LogP contribution in [-0.4, -0.2) is 16.5 Å². The van der Waals surface area contributed by atoms with Crippen LogP contribution in [0.4, 0.5) is 0 Å². The Hall–Kier alpha value is -1.51. The maximum atomic E-state index is 11.2. The number of ketones is 1. The first-order valence-corrected chi connectivity index (χ1v) is 7.25. The Morgan fingerprint density at radius 2 is 1.90 bits per heavy atom. The van der Waals surface area contributed by atoms with E-state index < -0.39 is 0 Å². The minimum Gasteiger partial charge on any atom is -0.507 e. The molecule has 1 heterocycles. The predicted molar refractivity (Wildman–Crippen MR) is 79.6 cm³/mol. The van der Waals surface area contributed by atoms with Gasteiger partial charge in [-0.05, 0) is 70.6 Å². The van der Waals surface area contributed by atoms with Gasteiger partial charge in [-0.1, -0.05) is 0 Å². The quantitative estimate of drug-likeness (QED) is 0.914. The van der Waals surface area contributed by atoms with Gasteiger partial charge in [0.2, 0.25) is 0 Å². The minimum atomic E-state index is -0.278. The number of carbonyl (C=O) groups is 1. The van der Waals surface area contributed by atoms with Gasteiger partial charge in [0.25, 0.3) is 0 Å². The number of phenols is 1. The lowest BCUT2D eigenvalue weighted by Crippen LogP contribution is -2.37. The van der Waals surface area contributed by atoms with Gasteiger partial charge in [-0.3, -0.25) is 0 Å². The Morgan fingerprint density at radius 3 is 2.50 bits per heavy atom. The molecular weight excluding hydrogens is 252 g/mol. The minimum absolute atomic E-state index is 0.204. The fourth-order valence-electron chi connectivity index (χ4n) is 2.91. The molecule has 0 amide bonds. The number of carbonyl (C=O) groups excluding carboxylic acids is 1. The summed E-state index contributed by atoms with van der Waals surface area (Å²) in [5.74, 6) is 1.50. The molecule has 1 atom stereocenters. The maximum Gasteiger partial charge on any atom is 0.129 e. The van der Waals surface area contributed by atoms with E-state index >= 15 is 0 Å². The van der Waals surface area contributed by atoms with Crippen molar-refractivity contribution in [2.75, 3.05) is 0 Å². The summed E-state index contributed by atoms with van der Waals surface area (Å²) < 4.78 is 6.25. The van der Waals surface area contributed by atoms with E-state index in [4.69, 9.17) is 4.74 Å². The second-order valence-electron chi connectivity index (χ2n) is 6.29. The van der Waals surface area contributed by atoms with E-state index in [2.05, 4.69) is 6.92 Å². The Bertz CT molecular complexity index is 560. The standard InChI is InChI=1S/C17H24O3/c1-10(18)6-8-17(5)9-7-14-13(4)15(19)11(2)12(3)16(14)20-17/h19H,6-9H2,1-5H3/t17-/m1/s1. The summed E-state index contributed by atoms with van der Waals surface area (Å²) in [6.45, 7) is 9.56. The van der Waals surface area contributed by atoms with Crippen molar-refractivity contribution in [3.05, 3.63) is 22.3 Å². The van der Waals surface area contributed by atoms with Crippen LogP contribution in [0.15, 0.2) is 0 Å². The monoisotopic (exact) mass is 276 g/mol. The Kier molecular flexibility index (Phi) is 3.81. The molecule has 0 saturated carbocycles. The molecule has 1 aliphatic heterocycles. The van der Waals surface area contributed by atoms with Crippen LogP contribution in [0.3, 0.4) is 0 Å². The zero-order chi connectivity index (χ0) is 15.1. The van der Waals surface area contributed by atoms with E-state index in [0.717, 1.165) is 47.3 Å². The molecule has 0 saturated heterocycles. The van der Waals surface area contributed by atoms with Crippen LogP contribution in [0.25, 0.3) is 0 Å². The highest BCUT2D eigenvalue weighted by Gasteiger charge is 2.34. The van der Waals surface area contributed by atoms with Crippen molar-refractivity contribution >= 4 is 5.78 Å². The molecule has 1 N–H and O–H groups in total. The molecule has 3 heteroatoms. The van der Waals surface area contributed by atoms with E-state index in [9.17, 15) is 9.90 Å². The predicted octanol–water partition coefficient (Wildman–Crippen LogP) is 3.77. The fraction of sp³-hybridized carbons (Fsp3) is 0.588. The summed E-state index contributed by atoms with van der Waals surface area (Å²) in [6.07, 6.45) is 3.08. The van der Waals surface area contributed by atoms with Gasteiger partial charge in [0.15, 0.2) is 0 Å². The molecule has 0 bridgehead atoms. The van der Waals surface area contributed by atoms with Crippen LogP contribution >= 0.6 is 0 Å². The second-order valence-corrected chi connectivity index (χ2v) is 6.29. The summed E-state index contributed by atoms with van der Waals surface area (Å²) in [5, 5.41) is 10.1. The van der Waals surface area contributed by atoms with Gasteiger partial charge < -0.3 is 14.6 Å². The van der Waals surface area contributed by atoms with Crippen molar-refractivity contribution < 1.29 is 14.6 Å². The fourth-order valence-corrected chi connectivity index (χ4v) is 2.91. The molecule has 2 rings (SSSR count). The SMILES string of the molecule is CC(=O)CC[C@]1(C)CCc2c(C)c(O)c(C)c(C)c2O1. The number of Topliss-reactive ketones (excluding diaryl/α,β-unsaturated/α-hetero) is 1. The molecule has 110 valence electrons. The molecule has 3 nitrogen and oxygen atoms in total. The van der Waals surface area contributed by atoms with Gasteiger partial charge in [0, 0.05) is 12.0 Å². The third-order valence-electron chi connectivity index (χ3n) is 4.60. The van der Waals surface area contributed by atoms with Crippen LogP contribution in [0.5, 0.6) is 11.5 Å². The first kappa shape index (κ1) is 14.9. The normalized spacial score (nSPS) is 21.2. The van der Waals surface area contributed by atoms with Crippen LogP contribution in [0.2, 0.25) is 0 Å². The Labute approximate surface area is 121 Å². The average molecular weight is 276 g/mol. The van der Waals surface area contributed by atoms with E-state index in [0.29, 0.717) is 12.2 Å². The van der Waals surface area contributed by atoms with Crippen molar-refractivity contribution in [2.45, 2.75) is 65.9 Å². The smallest absolute Gasteiger partial charge is 0.129 e. The number of hydrogen-bond acceptors (Lipinski definition) is 3. The number of phenolic OH excluding ortho intramolecular Hbond substituents is 1. The summed E-state index contributed by atoms with van der Waals surface area (Å²) >= 11 is 0. The van der Waals surface area contributed by atoms with Gasteiger partial charge in [-0.15, -0.1) is 0 Å². The van der Waals surface area contributed by atoms with Crippen LogP contribution in [0, 0.1) is 20.8 Å². The first-order chi connectivity index (χ1) is 9.25. The van der Waals surface area contributed by atoms with E-state index in [1.807, 2.05) is 20.8 Å². The molecule has 0 aliphatic carbocycles. The van der Waals surface area contributed by atoms with Crippen LogP contribution in [-0.2, 0) is 11.2 Å². The molecule has 1 aliphatic rings. The molecule has 0 radical (unpaired) electrons. The molecule has 0 fully saturated rings. The molecule has 1 aromatic carbocycles. The third kappa shape index (κ3) is 2.54. The average Bonchev–Trinajstić information content (AvgIpc) is 2.41. The number of benzene rings is 1. The molecule has 0 aromatic heterocycles.